The van der Waals surface area contributed by atoms with Crippen molar-refractivity contribution in [1.29, 1.82) is 0 Å². The van der Waals surface area contributed by atoms with E-state index in [1.807, 2.05) is 16.7 Å². The molecule has 4 nitrogen and oxygen atoms in total. The Morgan fingerprint density at radius 1 is 1.27 bits per heavy atom. The van der Waals surface area contributed by atoms with Crippen LogP contribution < -0.4 is 5.43 Å². The zero-order valence-electron chi connectivity index (χ0n) is 12.8. The maximum atomic E-state index is 12.5. The zero-order valence-corrected chi connectivity index (χ0v) is 14.4. The van der Waals surface area contributed by atoms with Crippen molar-refractivity contribution in [3.8, 4) is 0 Å². The molecular formula is C17H20BrNO3. The predicted molar refractivity (Wildman–Crippen MR) is 91.7 cm³/mol. The third kappa shape index (κ3) is 3.09. The molecule has 0 amide bonds. The number of carboxylic acid groups (broad SMARTS) is 1. The monoisotopic (exact) mass is 365 g/mol. The zero-order chi connectivity index (χ0) is 16.3. The molecule has 1 aromatic carbocycles. The van der Waals surface area contributed by atoms with E-state index in [4.69, 9.17) is 0 Å². The first-order valence-corrected chi connectivity index (χ1v) is 8.37. The Morgan fingerprint density at radius 2 is 1.91 bits per heavy atom. The second-order valence-electron chi connectivity index (χ2n) is 5.45. The molecule has 1 N–H and O–H groups in total. The number of fused-ring (bicyclic) bond motifs is 1. The Hall–Kier alpha value is -1.62. The SMILES string of the molecule is CCCC(CCC)n1cc(C(=O)O)c(=O)c2c(Br)cccc21. The summed E-state index contributed by atoms with van der Waals surface area (Å²) < 4.78 is 2.61. The van der Waals surface area contributed by atoms with Crippen LogP contribution in [0.15, 0.2) is 33.7 Å². The molecule has 0 bridgehead atoms. The van der Waals surface area contributed by atoms with Gasteiger partial charge in [-0.2, -0.15) is 0 Å². The number of aromatic nitrogens is 1. The summed E-state index contributed by atoms with van der Waals surface area (Å²) >= 11 is 3.39. The Morgan fingerprint density at radius 3 is 2.45 bits per heavy atom. The number of carbonyl (C=O) groups is 1. The van der Waals surface area contributed by atoms with Crippen LogP contribution in [0.4, 0.5) is 0 Å². The van der Waals surface area contributed by atoms with Gasteiger partial charge in [0.25, 0.3) is 0 Å². The van der Waals surface area contributed by atoms with E-state index in [0.29, 0.717) is 9.86 Å². The number of hydrogen-bond acceptors (Lipinski definition) is 2. The lowest BCUT2D eigenvalue weighted by Crippen LogP contribution is -2.21. The first kappa shape index (κ1) is 16.7. The van der Waals surface area contributed by atoms with Gasteiger partial charge in [-0.25, -0.2) is 4.79 Å². The Kier molecular flexibility index (Phi) is 5.40. The Bertz CT molecular complexity index is 745. The van der Waals surface area contributed by atoms with Gasteiger partial charge in [0.05, 0.1) is 10.9 Å². The first-order chi connectivity index (χ1) is 10.5. The van der Waals surface area contributed by atoms with E-state index in [-0.39, 0.29) is 11.6 Å². The first-order valence-electron chi connectivity index (χ1n) is 7.57. The van der Waals surface area contributed by atoms with Crippen molar-refractivity contribution in [1.82, 2.24) is 4.57 Å². The minimum Gasteiger partial charge on any atom is -0.477 e. The van der Waals surface area contributed by atoms with Crippen LogP contribution in [0.3, 0.4) is 0 Å². The van der Waals surface area contributed by atoms with E-state index >= 15 is 0 Å². The average Bonchev–Trinajstić information content (AvgIpc) is 2.47. The molecule has 0 fully saturated rings. The lowest BCUT2D eigenvalue weighted by Gasteiger charge is -2.23. The van der Waals surface area contributed by atoms with Crippen LogP contribution in [0, 0.1) is 0 Å². The number of pyridine rings is 1. The molecule has 5 heteroatoms. The molecule has 2 aromatic rings. The van der Waals surface area contributed by atoms with Gasteiger partial charge < -0.3 is 9.67 Å². The Balaban J connectivity index is 2.82. The molecule has 0 spiro atoms. The molecule has 0 radical (unpaired) electrons. The van der Waals surface area contributed by atoms with E-state index in [1.165, 1.54) is 6.20 Å². The number of aromatic carboxylic acids is 1. The van der Waals surface area contributed by atoms with Gasteiger partial charge in [-0.3, -0.25) is 4.79 Å². The maximum Gasteiger partial charge on any atom is 0.341 e. The number of rotatable bonds is 6. The normalized spacial score (nSPS) is 11.3. The number of carboxylic acids is 1. The summed E-state index contributed by atoms with van der Waals surface area (Å²) in [5, 5.41) is 9.80. The number of halogens is 1. The lowest BCUT2D eigenvalue weighted by atomic mass is 10.0. The van der Waals surface area contributed by atoms with Gasteiger partial charge in [-0.15, -0.1) is 0 Å². The fourth-order valence-electron chi connectivity index (χ4n) is 2.90. The topological polar surface area (TPSA) is 59.3 Å². The summed E-state index contributed by atoms with van der Waals surface area (Å²) in [6.45, 7) is 4.23. The van der Waals surface area contributed by atoms with Crippen molar-refractivity contribution in [3.63, 3.8) is 0 Å². The molecule has 118 valence electrons. The van der Waals surface area contributed by atoms with Crippen LogP contribution >= 0.6 is 15.9 Å². The highest BCUT2D eigenvalue weighted by Crippen LogP contribution is 2.28. The quantitative estimate of drug-likeness (QED) is 0.813. The molecule has 1 heterocycles. The summed E-state index contributed by atoms with van der Waals surface area (Å²) in [5.41, 5.74) is 0.186. The molecule has 0 atom stereocenters. The molecule has 0 saturated carbocycles. The van der Waals surface area contributed by atoms with Gasteiger partial charge in [0.15, 0.2) is 0 Å². The van der Waals surface area contributed by atoms with Gasteiger partial charge in [-0.1, -0.05) is 32.8 Å². The highest BCUT2D eigenvalue weighted by atomic mass is 79.9. The molecule has 0 aliphatic carbocycles. The second kappa shape index (κ2) is 7.09. The van der Waals surface area contributed by atoms with Gasteiger partial charge in [-0.05, 0) is 40.9 Å². The minimum absolute atomic E-state index is 0.170. The number of nitrogens with zero attached hydrogens (tertiary/aromatic N) is 1. The highest BCUT2D eigenvalue weighted by molar-refractivity contribution is 9.10. The standard InChI is InChI=1S/C17H20BrNO3/c1-3-6-11(7-4-2)19-10-12(17(21)22)16(20)15-13(18)8-5-9-14(15)19/h5,8-11H,3-4,6-7H2,1-2H3,(H,21,22). The van der Waals surface area contributed by atoms with Crippen LogP contribution in [0.2, 0.25) is 0 Å². The molecule has 0 unspecified atom stereocenters. The third-order valence-corrected chi connectivity index (χ3v) is 4.54. The molecular weight excluding hydrogens is 346 g/mol. The van der Waals surface area contributed by atoms with Crippen molar-refractivity contribution in [2.24, 2.45) is 0 Å². The van der Waals surface area contributed by atoms with Crippen LogP contribution in [0.25, 0.3) is 10.9 Å². The van der Waals surface area contributed by atoms with E-state index in [0.717, 1.165) is 31.2 Å². The summed E-state index contributed by atoms with van der Waals surface area (Å²) in [7, 11) is 0. The molecule has 2 rings (SSSR count). The van der Waals surface area contributed by atoms with E-state index in [9.17, 15) is 14.7 Å². The molecule has 0 aliphatic heterocycles. The minimum atomic E-state index is -1.18. The third-order valence-electron chi connectivity index (χ3n) is 3.88. The molecule has 0 aliphatic rings. The number of benzene rings is 1. The van der Waals surface area contributed by atoms with Gasteiger partial charge >= 0.3 is 5.97 Å². The van der Waals surface area contributed by atoms with Crippen molar-refractivity contribution in [3.05, 3.63) is 44.7 Å². The fraction of sp³-hybridized carbons (Fsp3) is 0.412. The van der Waals surface area contributed by atoms with Crippen molar-refractivity contribution < 1.29 is 9.90 Å². The molecule has 22 heavy (non-hydrogen) atoms. The van der Waals surface area contributed by atoms with Gasteiger partial charge in [0.1, 0.15) is 5.56 Å². The van der Waals surface area contributed by atoms with E-state index in [2.05, 4.69) is 29.8 Å². The van der Waals surface area contributed by atoms with Crippen molar-refractivity contribution in [2.75, 3.05) is 0 Å². The average molecular weight is 366 g/mol. The highest BCUT2D eigenvalue weighted by Gasteiger charge is 2.19. The van der Waals surface area contributed by atoms with Crippen LogP contribution in [0.1, 0.15) is 55.9 Å². The summed E-state index contributed by atoms with van der Waals surface area (Å²) in [6.07, 6.45) is 5.44. The summed E-state index contributed by atoms with van der Waals surface area (Å²) in [4.78, 5) is 23.9. The molecule has 1 aromatic heterocycles. The summed E-state index contributed by atoms with van der Waals surface area (Å²) in [6, 6.07) is 5.72. The smallest absolute Gasteiger partial charge is 0.341 e. The van der Waals surface area contributed by atoms with Crippen LogP contribution in [-0.2, 0) is 0 Å². The Labute approximate surface area is 137 Å². The predicted octanol–water partition coefficient (Wildman–Crippen LogP) is 4.60. The van der Waals surface area contributed by atoms with Crippen molar-refractivity contribution in [2.45, 2.75) is 45.6 Å². The number of hydrogen-bond donors (Lipinski definition) is 1. The van der Waals surface area contributed by atoms with Crippen molar-refractivity contribution >= 4 is 32.8 Å². The fourth-order valence-corrected chi connectivity index (χ4v) is 3.43. The van der Waals surface area contributed by atoms with Crippen LogP contribution in [-0.4, -0.2) is 15.6 Å². The lowest BCUT2D eigenvalue weighted by molar-refractivity contribution is 0.0694. The summed E-state index contributed by atoms with van der Waals surface area (Å²) in [5.74, 6) is -1.18. The van der Waals surface area contributed by atoms with E-state index < -0.39 is 11.4 Å². The van der Waals surface area contributed by atoms with Crippen LogP contribution in [0.5, 0.6) is 0 Å². The molecule has 0 saturated heterocycles. The maximum absolute atomic E-state index is 12.5. The van der Waals surface area contributed by atoms with Gasteiger partial charge in [0, 0.05) is 16.7 Å². The second-order valence-corrected chi connectivity index (χ2v) is 6.30. The van der Waals surface area contributed by atoms with E-state index in [1.54, 1.807) is 6.07 Å². The largest absolute Gasteiger partial charge is 0.477 e. The van der Waals surface area contributed by atoms with Gasteiger partial charge in [0.2, 0.25) is 5.43 Å².